The van der Waals surface area contributed by atoms with Crippen molar-refractivity contribution in [1.29, 1.82) is 0 Å². The maximum atomic E-state index is 9.10. The smallest absolute Gasteiger partial charge is 0.179 e. The maximum Gasteiger partial charge on any atom is 0.179 e. The molecule has 50 valence electrons. The molecule has 0 fully saturated rings. The van der Waals surface area contributed by atoms with E-state index in [-0.39, 0.29) is 0 Å². The van der Waals surface area contributed by atoms with Crippen molar-refractivity contribution < 1.29 is 5.21 Å². The highest BCUT2D eigenvalue weighted by Gasteiger charge is 2.06. The topological polar surface area (TPSA) is 50.9 Å². The van der Waals surface area contributed by atoms with E-state index in [1.165, 1.54) is 12.4 Å². The van der Waals surface area contributed by atoms with Crippen molar-refractivity contribution in [2.75, 3.05) is 0 Å². The first-order valence-corrected chi connectivity index (χ1v) is 2.85. The highest BCUT2D eigenvalue weighted by atomic mass is 16.5. The fourth-order valence-corrected chi connectivity index (χ4v) is 0.845. The van der Waals surface area contributed by atoms with E-state index < -0.39 is 0 Å². The Balaban J connectivity index is 2.80. The lowest BCUT2D eigenvalue weighted by Crippen LogP contribution is -1.97. The summed E-state index contributed by atoms with van der Waals surface area (Å²) < 4.78 is 0.995. The van der Waals surface area contributed by atoms with Crippen molar-refractivity contribution in [2.24, 2.45) is 0 Å². The van der Waals surface area contributed by atoms with Crippen LogP contribution in [-0.4, -0.2) is 19.9 Å². The summed E-state index contributed by atoms with van der Waals surface area (Å²) in [6, 6.07) is 1.70. The number of fused-ring (bicyclic) bond motifs is 1. The van der Waals surface area contributed by atoms with Gasteiger partial charge in [0.25, 0.3) is 0 Å². The van der Waals surface area contributed by atoms with Crippen LogP contribution in [-0.2, 0) is 0 Å². The summed E-state index contributed by atoms with van der Waals surface area (Å²) in [4.78, 5) is 7.80. The quantitative estimate of drug-likeness (QED) is 0.539. The molecule has 0 radical (unpaired) electrons. The van der Waals surface area contributed by atoms with Crippen LogP contribution in [0.25, 0.3) is 11.5 Å². The summed E-state index contributed by atoms with van der Waals surface area (Å²) in [5.41, 5.74) is 0.627. The average Bonchev–Trinajstić information content (AvgIpc) is 2.36. The van der Waals surface area contributed by atoms with Crippen molar-refractivity contribution >= 4 is 0 Å². The molecule has 0 saturated heterocycles. The highest BCUT2D eigenvalue weighted by molar-refractivity contribution is 5.50. The fraction of sp³-hybridized carbons (Fsp3) is 0. The third-order valence-corrected chi connectivity index (χ3v) is 1.31. The summed E-state index contributed by atoms with van der Waals surface area (Å²) in [6.07, 6.45) is 4.56. The molecule has 4 nitrogen and oxygen atoms in total. The van der Waals surface area contributed by atoms with Crippen molar-refractivity contribution in [3.63, 3.8) is 0 Å². The van der Waals surface area contributed by atoms with Gasteiger partial charge in [-0.15, -0.1) is 0 Å². The number of hydrogen-bond donors (Lipinski definition) is 1. The van der Waals surface area contributed by atoms with Gasteiger partial charge >= 0.3 is 0 Å². The lowest BCUT2D eigenvalue weighted by molar-refractivity contribution is 0.188. The summed E-state index contributed by atoms with van der Waals surface area (Å²) in [5, 5.41) is 9.10. The zero-order valence-corrected chi connectivity index (χ0v) is 5.10. The summed E-state index contributed by atoms with van der Waals surface area (Å²) >= 11 is 0. The van der Waals surface area contributed by atoms with Gasteiger partial charge < -0.3 is 5.21 Å². The predicted octanol–water partition coefficient (Wildman–Crippen LogP) is 0.620. The largest absolute Gasteiger partial charge is 0.428 e. The summed E-state index contributed by atoms with van der Waals surface area (Å²) in [6.45, 7) is 0. The maximum absolute atomic E-state index is 9.10. The molecule has 2 aliphatic heterocycles. The number of aromatic nitrogens is 3. The van der Waals surface area contributed by atoms with Gasteiger partial charge in [0.05, 0.1) is 6.20 Å². The molecule has 0 amide bonds. The van der Waals surface area contributed by atoms with E-state index in [9.17, 15) is 0 Å². The SMILES string of the molecule is On1ccnc2nccc1-2. The minimum atomic E-state index is 0.560. The predicted molar refractivity (Wildman–Crippen MR) is 33.8 cm³/mol. The van der Waals surface area contributed by atoms with Crippen molar-refractivity contribution in [3.8, 4) is 11.5 Å². The van der Waals surface area contributed by atoms with E-state index in [1.807, 2.05) is 0 Å². The van der Waals surface area contributed by atoms with Crippen molar-refractivity contribution in [2.45, 2.75) is 0 Å². The van der Waals surface area contributed by atoms with Crippen LogP contribution in [0.4, 0.5) is 0 Å². The van der Waals surface area contributed by atoms with E-state index >= 15 is 0 Å². The third-order valence-electron chi connectivity index (χ3n) is 1.31. The highest BCUT2D eigenvalue weighted by Crippen LogP contribution is 2.13. The molecular formula is C6H5N3O. The van der Waals surface area contributed by atoms with Gasteiger partial charge in [-0.1, -0.05) is 0 Å². The average molecular weight is 135 g/mol. The number of hydrogen-bond acceptors (Lipinski definition) is 3. The normalized spacial score (nSPS) is 10.4. The Bertz CT molecular complexity index is 317. The zero-order chi connectivity index (χ0) is 6.97. The Morgan fingerprint density at radius 3 is 2.90 bits per heavy atom. The minimum absolute atomic E-state index is 0.560. The molecule has 2 aliphatic rings. The van der Waals surface area contributed by atoms with Gasteiger partial charge in [-0.3, -0.25) is 0 Å². The van der Waals surface area contributed by atoms with Gasteiger partial charge in [0.2, 0.25) is 0 Å². The summed E-state index contributed by atoms with van der Waals surface area (Å²) in [7, 11) is 0. The molecule has 4 heteroatoms. The lowest BCUT2D eigenvalue weighted by Gasteiger charge is -2.00. The summed E-state index contributed by atoms with van der Waals surface area (Å²) in [5.74, 6) is 0.560. The second-order valence-corrected chi connectivity index (χ2v) is 1.93. The zero-order valence-electron chi connectivity index (χ0n) is 5.10. The molecule has 0 saturated carbocycles. The second-order valence-electron chi connectivity index (χ2n) is 1.93. The molecule has 2 rings (SSSR count). The van der Waals surface area contributed by atoms with Gasteiger partial charge in [-0.2, -0.15) is 4.73 Å². The first-order chi connectivity index (χ1) is 4.88. The molecular weight excluding hydrogens is 130 g/mol. The van der Waals surface area contributed by atoms with Gasteiger partial charge in [0.1, 0.15) is 5.69 Å². The monoisotopic (exact) mass is 135 g/mol. The number of nitrogens with zero attached hydrogens (tertiary/aromatic N) is 3. The van der Waals surface area contributed by atoms with E-state index in [0.29, 0.717) is 11.5 Å². The second kappa shape index (κ2) is 1.70. The third kappa shape index (κ3) is 0.556. The van der Waals surface area contributed by atoms with Crippen LogP contribution >= 0.6 is 0 Å². The Kier molecular flexibility index (Phi) is 0.887. The lowest BCUT2D eigenvalue weighted by atomic mass is 10.4. The van der Waals surface area contributed by atoms with Gasteiger partial charge in [-0.25, -0.2) is 9.97 Å². The van der Waals surface area contributed by atoms with Crippen molar-refractivity contribution in [3.05, 3.63) is 24.7 Å². The molecule has 0 aromatic rings. The van der Waals surface area contributed by atoms with Crippen LogP contribution in [0.1, 0.15) is 0 Å². The van der Waals surface area contributed by atoms with Gasteiger partial charge in [0.15, 0.2) is 5.82 Å². The first-order valence-electron chi connectivity index (χ1n) is 2.85. The van der Waals surface area contributed by atoms with E-state index in [1.54, 1.807) is 12.3 Å². The van der Waals surface area contributed by atoms with E-state index in [4.69, 9.17) is 5.21 Å². The van der Waals surface area contributed by atoms with Crippen LogP contribution < -0.4 is 0 Å². The molecule has 2 heterocycles. The Hall–Kier alpha value is -1.58. The Morgan fingerprint density at radius 1 is 1.30 bits per heavy atom. The molecule has 0 aromatic carbocycles. The minimum Gasteiger partial charge on any atom is -0.428 e. The van der Waals surface area contributed by atoms with Crippen LogP contribution in [0.5, 0.6) is 0 Å². The molecule has 0 aromatic heterocycles. The molecule has 1 N–H and O–H groups in total. The Labute approximate surface area is 57.1 Å². The van der Waals surface area contributed by atoms with Crippen LogP contribution in [0.3, 0.4) is 0 Å². The van der Waals surface area contributed by atoms with Crippen LogP contribution in [0.15, 0.2) is 24.7 Å². The molecule has 0 atom stereocenters. The van der Waals surface area contributed by atoms with Gasteiger partial charge in [0, 0.05) is 12.4 Å². The molecule has 0 spiro atoms. The van der Waals surface area contributed by atoms with Crippen molar-refractivity contribution in [1.82, 2.24) is 14.7 Å². The molecule has 10 heavy (non-hydrogen) atoms. The Morgan fingerprint density at radius 2 is 2.10 bits per heavy atom. The fourth-order valence-electron chi connectivity index (χ4n) is 0.845. The van der Waals surface area contributed by atoms with Crippen LogP contribution in [0.2, 0.25) is 0 Å². The standard InChI is InChI=1S/C6H5N3O/c10-9-4-3-8-6-5(9)1-2-7-6/h1-4,10H. The molecule has 0 aliphatic carbocycles. The van der Waals surface area contributed by atoms with E-state index in [2.05, 4.69) is 9.97 Å². The van der Waals surface area contributed by atoms with E-state index in [0.717, 1.165) is 4.73 Å². The van der Waals surface area contributed by atoms with Gasteiger partial charge in [-0.05, 0) is 6.07 Å². The van der Waals surface area contributed by atoms with Crippen LogP contribution in [0, 0.1) is 0 Å². The number of rotatable bonds is 0. The molecule has 0 bridgehead atoms. The molecule has 0 unspecified atom stereocenters. The first kappa shape index (κ1) is 5.22.